The van der Waals surface area contributed by atoms with Gasteiger partial charge in [0.05, 0.1) is 34.0 Å². The van der Waals surface area contributed by atoms with Crippen LogP contribution in [0.2, 0.25) is 0 Å². The molecular formula is C108H94Ir3N3O12-3. The van der Waals surface area contributed by atoms with Crippen LogP contribution in [0, 0.1) is 32.0 Å². The molecule has 0 aliphatic heterocycles. The summed E-state index contributed by atoms with van der Waals surface area (Å²) in [6.07, 6.45) is 3.50. The summed E-state index contributed by atoms with van der Waals surface area (Å²) in [4.78, 5) is 44.6. The van der Waals surface area contributed by atoms with Crippen LogP contribution >= 0.6 is 0 Å². The van der Waals surface area contributed by atoms with Crippen molar-refractivity contribution in [2.24, 2.45) is 0 Å². The Morgan fingerprint density at radius 3 is 0.960 bits per heavy atom. The van der Waals surface area contributed by atoms with Gasteiger partial charge in [0.2, 0.25) is 17.1 Å². The van der Waals surface area contributed by atoms with E-state index in [4.69, 9.17) is 56.8 Å². The molecule has 0 spiro atoms. The average molecular weight is 2200 g/mol. The van der Waals surface area contributed by atoms with Gasteiger partial charge in [-0.25, -0.2) is 0 Å². The minimum atomic E-state index is -0.125. The van der Waals surface area contributed by atoms with Crippen LogP contribution in [-0.2, 0) is 80.1 Å². The number of carbonyl (C=O) groups is 3. The Hall–Kier alpha value is -12.8. The second-order valence-corrected chi connectivity index (χ2v) is 32.2. The number of hydrogen-bond donors (Lipinski definition) is 3. The maximum atomic E-state index is 10.0. The summed E-state index contributed by atoms with van der Waals surface area (Å²) >= 11 is 0. The minimum absolute atomic E-state index is 0. The van der Waals surface area contributed by atoms with E-state index in [0.717, 1.165) is 150 Å². The SMILES string of the molecule is CC(=O)C=C(C)O.CC(=O)C=C(C)O.CC(=O)C=C(C)O.CC(C)(C)c1ccc(-c2cc3ccc(-c4[c-]ccc5c4oc4ccccc45)nc3o2)cc1.CC(C)c1cc(-c2cc3ccc(-c4[c-]ccc5c4oc4ccccc45)nc3o2)cc(C(C)C)c1.Cc1cccc(C)c1-c1ccc(-c2cc3ccc(-c4[c-]ccc5c4oc4ccccc45)nc3o2)cc1.[Ir].[Ir].[Ir]. The number of ketones is 3. The largest absolute Gasteiger partial charge is 0.512 e. The number of pyridine rings is 3. The van der Waals surface area contributed by atoms with Crippen LogP contribution < -0.4 is 0 Å². The zero-order valence-corrected chi connectivity index (χ0v) is 79.6. The molecule has 0 fully saturated rings. The summed E-state index contributed by atoms with van der Waals surface area (Å²) in [7, 11) is 0. The normalized spacial score (nSPS) is 11.6. The van der Waals surface area contributed by atoms with E-state index in [9.17, 15) is 14.4 Å². The van der Waals surface area contributed by atoms with Crippen LogP contribution in [-0.4, -0.2) is 47.6 Å². The van der Waals surface area contributed by atoms with Crippen LogP contribution in [0.15, 0.2) is 311 Å². The van der Waals surface area contributed by atoms with Crippen molar-refractivity contribution in [2.75, 3.05) is 0 Å². The first kappa shape index (κ1) is 93.9. The molecule has 0 bridgehead atoms. The number of rotatable bonds is 12. The molecular weight excluding hydrogens is 2110 g/mol. The second-order valence-electron chi connectivity index (χ2n) is 32.2. The van der Waals surface area contributed by atoms with Gasteiger partial charge in [-0.2, -0.15) is 0 Å². The Kier molecular flexibility index (Phi) is 30.5. The molecule has 3 N–H and O–H groups in total. The van der Waals surface area contributed by atoms with E-state index in [1.165, 1.54) is 98.7 Å². The van der Waals surface area contributed by atoms with Crippen LogP contribution in [0.1, 0.15) is 130 Å². The molecule has 19 aromatic rings. The number of nitrogens with zero attached hydrogens (tertiary/aromatic N) is 3. The minimum Gasteiger partial charge on any atom is -0.512 e. The molecule has 19 rings (SSSR count). The summed E-state index contributed by atoms with van der Waals surface area (Å²) in [5, 5.41) is 34.5. The monoisotopic (exact) mass is 2200 g/mol. The number of allylic oxidation sites excluding steroid dienone is 6. The second kappa shape index (κ2) is 40.9. The molecule has 10 aromatic carbocycles. The summed E-state index contributed by atoms with van der Waals surface area (Å²) in [6.45, 7) is 28.4. The van der Waals surface area contributed by atoms with E-state index in [-0.39, 0.29) is 100 Å². The molecule has 0 unspecified atom stereocenters. The van der Waals surface area contributed by atoms with Crippen LogP contribution in [0.4, 0.5) is 0 Å². The molecule has 0 atom stereocenters. The fourth-order valence-electron chi connectivity index (χ4n) is 14.8. The molecule has 9 aromatic heterocycles. The summed E-state index contributed by atoms with van der Waals surface area (Å²) in [5.74, 6) is 3.17. The van der Waals surface area contributed by atoms with Gasteiger partial charge in [0, 0.05) is 128 Å². The van der Waals surface area contributed by atoms with E-state index in [1.54, 1.807) is 0 Å². The topological polar surface area (TPSA) is 229 Å². The fourth-order valence-corrected chi connectivity index (χ4v) is 14.8. The predicted molar refractivity (Wildman–Crippen MR) is 496 cm³/mol. The Morgan fingerprint density at radius 2 is 0.659 bits per heavy atom. The van der Waals surface area contributed by atoms with Crippen LogP contribution in [0.25, 0.3) is 178 Å². The zero-order chi connectivity index (χ0) is 87.1. The number of aliphatic hydroxyl groups is 3. The molecule has 0 aliphatic rings. The quantitative estimate of drug-likeness (QED) is 0.0587. The number of aromatic nitrogens is 3. The van der Waals surface area contributed by atoms with E-state index in [1.807, 2.05) is 133 Å². The van der Waals surface area contributed by atoms with Crippen molar-refractivity contribution in [3.8, 4) is 78.9 Å². The van der Waals surface area contributed by atoms with Crippen LogP contribution in [0.3, 0.4) is 0 Å². The molecule has 0 aliphatic carbocycles. The molecule has 0 saturated heterocycles. The van der Waals surface area contributed by atoms with Crippen LogP contribution in [0.5, 0.6) is 0 Å². The van der Waals surface area contributed by atoms with Crippen molar-refractivity contribution in [2.45, 2.75) is 121 Å². The number of furan rings is 6. The van der Waals surface area contributed by atoms with Crippen molar-refractivity contribution in [3.63, 3.8) is 0 Å². The van der Waals surface area contributed by atoms with Crippen molar-refractivity contribution in [1.29, 1.82) is 0 Å². The van der Waals surface area contributed by atoms with Gasteiger partial charge in [-0.3, -0.25) is 29.3 Å². The summed E-state index contributed by atoms with van der Waals surface area (Å²) < 4.78 is 37.2. The number of carbonyl (C=O) groups excluding carboxylic acids is 3. The van der Waals surface area contributed by atoms with Gasteiger partial charge in [0.1, 0.15) is 34.0 Å². The standard InChI is InChI=1S/C33H22NO2.C31H26NO2.C29H22NO2.3C5H8O2.3Ir/c1-20-7-5-8-21(2)31(20)23-15-13-22(14-16-23)30-19-24-17-18-28(34-33(24)36-30)27-11-6-10-26-25-9-3-4-12-29(25)35-32(26)27;1-18(2)21-14-22(19(3)4)16-23(15-21)29-17-20-12-13-27(32-31(20)34-29)26-10-7-9-25-24-8-5-6-11-28(24)33-30(25)26;1-29(2,3)20-14-11-18(12-15-20)26-17-19-13-16-24(30-28(19)32-26)23-9-6-8-22-21-7-4-5-10-25(21)31-27(22)23;3*1-4(6)3-5(2)7;;;/h3-10,12-19H,1-2H3;5-9,11-19H,1-4H3;4-8,10-17H,1-3H3;3*3,6H,1-2H3;;;/q3*-1;;;;;;. The molecule has 18 heteroatoms. The van der Waals surface area contributed by atoms with Gasteiger partial charge in [-0.15, -0.1) is 54.6 Å². The number of para-hydroxylation sites is 3. The number of aryl methyl sites for hydroxylation is 2. The van der Waals surface area contributed by atoms with Gasteiger partial charge in [0.15, 0.2) is 17.3 Å². The third-order valence-corrected chi connectivity index (χ3v) is 20.7. The van der Waals surface area contributed by atoms with Gasteiger partial charge in [-0.05, 0) is 177 Å². The van der Waals surface area contributed by atoms with E-state index < -0.39 is 0 Å². The maximum absolute atomic E-state index is 10.0. The summed E-state index contributed by atoms with van der Waals surface area (Å²) in [5.41, 5.74) is 24.0. The van der Waals surface area contributed by atoms with Gasteiger partial charge in [0.25, 0.3) is 0 Å². The number of fused-ring (bicyclic) bond motifs is 12. The average Bonchev–Trinajstić information content (AvgIpc) is 1.61. The Bertz CT molecular complexity index is 7140. The van der Waals surface area contributed by atoms with Crippen molar-refractivity contribution >= 4 is 116 Å². The Labute approximate surface area is 772 Å². The molecule has 643 valence electrons. The smallest absolute Gasteiger partial charge is 0.217 e. The first-order valence-corrected chi connectivity index (χ1v) is 40.7. The zero-order valence-electron chi connectivity index (χ0n) is 72.4. The number of aliphatic hydroxyl groups excluding tert-OH is 3. The molecule has 0 amide bonds. The first-order valence-electron chi connectivity index (χ1n) is 40.7. The third kappa shape index (κ3) is 21.8. The van der Waals surface area contributed by atoms with Crippen molar-refractivity contribution in [3.05, 3.63) is 330 Å². The van der Waals surface area contributed by atoms with Gasteiger partial charge >= 0.3 is 0 Å². The van der Waals surface area contributed by atoms with E-state index in [0.29, 0.717) is 29.0 Å². The van der Waals surface area contributed by atoms with E-state index >= 15 is 0 Å². The number of benzene rings is 10. The Morgan fingerprint density at radius 1 is 0.349 bits per heavy atom. The predicted octanol–water partition coefficient (Wildman–Crippen LogP) is 29.5. The third-order valence-electron chi connectivity index (χ3n) is 20.7. The fraction of sp³-hybridized carbons (Fsp3) is 0.167. The summed E-state index contributed by atoms with van der Waals surface area (Å²) in [6, 6.07) is 94.8. The van der Waals surface area contributed by atoms with Gasteiger partial charge in [-0.1, -0.05) is 245 Å². The Balaban J connectivity index is 0.000000163. The molecule has 126 heavy (non-hydrogen) atoms. The molecule has 15 nitrogen and oxygen atoms in total. The van der Waals surface area contributed by atoms with Gasteiger partial charge < -0.3 is 41.8 Å². The van der Waals surface area contributed by atoms with Crippen molar-refractivity contribution < 1.29 is 117 Å². The molecule has 9 heterocycles. The van der Waals surface area contributed by atoms with E-state index in [2.05, 4.69) is 196 Å². The first-order chi connectivity index (χ1) is 59.0. The van der Waals surface area contributed by atoms with Crippen molar-refractivity contribution in [1.82, 2.24) is 15.0 Å². The number of hydrogen-bond acceptors (Lipinski definition) is 15. The molecule has 3 radical (unpaired) electrons. The molecule has 0 saturated carbocycles. The maximum Gasteiger partial charge on any atom is 0.217 e.